The molecule has 2 rings (SSSR count). The van der Waals surface area contributed by atoms with Crippen LogP contribution in [0.4, 0.5) is 0 Å². The number of benzene rings is 1. The Morgan fingerprint density at radius 3 is 1.40 bits per heavy atom. The maximum Gasteiger partial charge on any atom is 0.251 e. The molecule has 440 valence electrons. The lowest BCUT2D eigenvalue weighted by Gasteiger charge is -2.42. The van der Waals surface area contributed by atoms with Gasteiger partial charge < -0.3 is 94.1 Å². The Kier molecular flexibility index (Phi) is 42.7. The minimum Gasteiger partial charge on any atom is -0.493 e. The van der Waals surface area contributed by atoms with E-state index in [1.54, 1.807) is 12.1 Å². The van der Waals surface area contributed by atoms with Gasteiger partial charge in [-0.05, 0) is 25.0 Å². The van der Waals surface area contributed by atoms with E-state index < -0.39 is 68.3 Å². The van der Waals surface area contributed by atoms with Crippen molar-refractivity contribution in [1.82, 2.24) is 10.6 Å². The highest BCUT2D eigenvalue weighted by Gasteiger charge is 2.46. The monoisotopic (exact) mass is 1080 g/mol. The summed E-state index contributed by atoms with van der Waals surface area (Å²) in [6.07, 6.45) is 10.2. The number of amides is 1. The van der Waals surface area contributed by atoms with E-state index in [0.717, 1.165) is 25.7 Å². The first-order valence-corrected chi connectivity index (χ1v) is 28.5. The highest BCUT2D eigenvalue weighted by molar-refractivity contribution is 5.95. The summed E-state index contributed by atoms with van der Waals surface area (Å²) in [7, 11) is 0. The average Bonchev–Trinajstić information content (AvgIpc) is 3.41. The fraction of sp³-hybridized carbons (Fsp3) is 0.873. The van der Waals surface area contributed by atoms with Crippen LogP contribution in [0.25, 0.3) is 0 Å². The molecule has 75 heavy (non-hydrogen) atoms. The third-order valence-electron chi connectivity index (χ3n) is 12.9. The summed E-state index contributed by atoms with van der Waals surface area (Å²) in [6.45, 7) is 8.05. The molecule has 1 aliphatic heterocycles. The molecule has 0 saturated carbocycles. The van der Waals surface area contributed by atoms with Crippen LogP contribution in [-0.2, 0) is 33.2 Å². The second kappa shape index (κ2) is 46.6. The Morgan fingerprint density at radius 2 is 0.960 bits per heavy atom. The van der Waals surface area contributed by atoms with Gasteiger partial charge in [0, 0.05) is 31.3 Å². The van der Waals surface area contributed by atoms with Crippen molar-refractivity contribution < 1.29 is 88.3 Å². The summed E-state index contributed by atoms with van der Waals surface area (Å²) in [4.78, 5) is 13.2. The van der Waals surface area contributed by atoms with E-state index in [1.807, 2.05) is 6.07 Å². The van der Waals surface area contributed by atoms with Crippen LogP contribution in [-0.4, -0.2) is 214 Å². The van der Waals surface area contributed by atoms with Gasteiger partial charge in [0.15, 0.2) is 6.29 Å². The summed E-state index contributed by atoms with van der Waals surface area (Å²) in [5.41, 5.74) is 0.498. The summed E-state index contributed by atoms with van der Waals surface area (Å²) < 4.78 is 50.8. The molecule has 20 heteroatoms. The lowest BCUT2D eigenvalue weighted by molar-refractivity contribution is -0.327. The van der Waals surface area contributed by atoms with Crippen LogP contribution in [0.2, 0.25) is 0 Å². The Labute approximate surface area is 448 Å². The van der Waals surface area contributed by atoms with Crippen LogP contribution in [0, 0.1) is 0 Å². The van der Waals surface area contributed by atoms with Crippen molar-refractivity contribution in [3.05, 3.63) is 23.8 Å². The van der Waals surface area contributed by atoms with Gasteiger partial charge in [0.1, 0.15) is 54.2 Å². The van der Waals surface area contributed by atoms with Crippen LogP contribution in [0.1, 0.15) is 153 Å². The molecule has 0 radical (unpaired) electrons. The van der Waals surface area contributed by atoms with Crippen LogP contribution < -0.4 is 20.1 Å². The van der Waals surface area contributed by atoms with Gasteiger partial charge in [0.25, 0.3) is 5.91 Å². The molecule has 10 N–H and O–H groups in total. The molecule has 0 aromatic heterocycles. The number of rotatable bonds is 52. The molecule has 1 aliphatic rings. The van der Waals surface area contributed by atoms with Gasteiger partial charge >= 0.3 is 0 Å². The molecule has 0 unspecified atom stereocenters. The van der Waals surface area contributed by atoms with Crippen LogP contribution in [0.3, 0.4) is 0 Å². The maximum absolute atomic E-state index is 13.2. The van der Waals surface area contributed by atoms with Crippen molar-refractivity contribution in [3.63, 3.8) is 0 Å². The second-order valence-corrected chi connectivity index (χ2v) is 19.4. The van der Waals surface area contributed by atoms with Crippen LogP contribution in [0.5, 0.6) is 11.5 Å². The minimum absolute atomic E-state index is 0.162. The van der Waals surface area contributed by atoms with Gasteiger partial charge in [-0.15, -0.1) is 0 Å². The smallest absolute Gasteiger partial charge is 0.251 e. The number of aliphatic hydroxyl groups excluding tert-OH is 8. The van der Waals surface area contributed by atoms with Crippen molar-refractivity contribution in [1.29, 1.82) is 0 Å². The van der Waals surface area contributed by atoms with Crippen molar-refractivity contribution in [2.75, 3.05) is 112 Å². The van der Waals surface area contributed by atoms with E-state index in [0.29, 0.717) is 96.3 Å². The molecule has 1 amide bonds. The van der Waals surface area contributed by atoms with Crippen molar-refractivity contribution in [2.45, 2.75) is 197 Å². The summed E-state index contributed by atoms with van der Waals surface area (Å²) in [5, 5.41) is 86.3. The number of carbonyl (C=O) groups is 1. The van der Waals surface area contributed by atoms with Crippen LogP contribution in [0.15, 0.2) is 18.2 Å². The first-order chi connectivity index (χ1) is 36.6. The van der Waals surface area contributed by atoms with E-state index in [2.05, 4.69) is 24.5 Å². The Bertz CT molecular complexity index is 1430. The number of carbonyl (C=O) groups excluding carboxylic acids is 1. The first kappa shape index (κ1) is 68.8. The van der Waals surface area contributed by atoms with Gasteiger partial charge in [-0.25, -0.2) is 0 Å². The van der Waals surface area contributed by atoms with Crippen LogP contribution >= 0.6 is 0 Å². The fourth-order valence-electron chi connectivity index (χ4n) is 8.32. The Morgan fingerprint density at radius 1 is 0.533 bits per heavy atom. The molecule has 1 saturated heterocycles. The predicted molar refractivity (Wildman–Crippen MR) is 284 cm³/mol. The number of unbranched alkanes of at least 4 members (excludes halogenated alkanes) is 18. The van der Waals surface area contributed by atoms with Gasteiger partial charge in [0.2, 0.25) is 0 Å². The molecular weight excluding hydrogens is 977 g/mol. The molecule has 1 heterocycles. The Balaban J connectivity index is 1.53. The first-order valence-electron chi connectivity index (χ1n) is 28.5. The Hall–Kier alpha value is -2.35. The second-order valence-electron chi connectivity index (χ2n) is 19.4. The molecule has 20 nitrogen and oxygen atoms in total. The molecule has 1 fully saturated rings. The normalized spacial score (nSPS) is 19.5. The zero-order valence-electron chi connectivity index (χ0n) is 45.8. The molecular formula is C55H102N2O18. The lowest BCUT2D eigenvalue weighted by atomic mass is 9.98. The van der Waals surface area contributed by atoms with Crippen molar-refractivity contribution in [2.24, 2.45) is 0 Å². The predicted octanol–water partition coefficient (Wildman–Crippen LogP) is 3.95. The lowest BCUT2D eigenvalue weighted by Crippen LogP contribution is -2.61. The van der Waals surface area contributed by atoms with Gasteiger partial charge in [-0.3, -0.25) is 4.79 Å². The minimum atomic E-state index is -1.81. The average molecular weight is 1080 g/mol. The molecule has 9 atom stereocenters. The van der Waals surface area contributed by atoms with Gasteiger partial charge in [-0.1, -0.05) is 129 Å². The molecule has 0 spiro atoms. The highest BCUT2D eigenvalue weighted by atomic mass is 16.7. The van der Waals surface area contributed by atoms with E-state index in [4.69, 9.17) is 42.6 Å². The summed E-state index contributed by atoms with van der Waals surface area (Å²) in [5.74, 6) is 1.09. The third-order valence-corrected chi connectivity index (χ3v) is 12.9. The fourth-order valence-corrected chi connectivity index (χ4v) is 8.32. The number of aliphatic hydroxyl groups is 8. The number of hydrogen-bond acceptors (Lipinski definition) is 19. The largest absolute Gasteiger partial charge is 0.493 e. The quantitative estimate of drug-likeness (QED) is 0.0414. The van der Waals surface area contributed by atoms with Gasteiger partial charge in [-0.2, -0.15) is 0 Å². The zero-order chi connectivity index (χ0) is 54.6. The molecule has 1 aromatic rings. The maximum atomic E-state index is 13.2. The third kappa shape index (κ3) is 33.0. The molecule has 0 aliphatic carbocycles. The summed E-state index contributed by atoms with van der Waals surface area (Å²) in [6, 6.07) is 5.48. The van der Waals surface area contributed by atoms with E-state index >= 15 is 0 Å². The van der Waals surface area contributed by atoms with E-state index in [-0.39, 0.29) is 25.6 Å². The topological polar surface area (TPSA) is 286 Å². The zero-order valence-corrected chi connectivity index (χ0v) is 45.8. The van der Waals surface area contributed by atoms with Crippen molar-refractivity contribution in [3.8, 4) is 11.5 Å². The standard InChI is InChI=1S/C55H102N2O18/c1-3-5-7-9-11-13-15-17-19-21-25-72-44-37-43(38-45(39-44)73-26-22-20-18-16-14-12-10-8-6-4-2)54(66)57-24-28-68-30-32-70-34-36-71-35-33-69-31-29-67-27-23-56-40-46(60)49(62)53(47(61)41-58)75-55-52(65)51(64)50(63)48(42-59)74-55/h37-39,46-53,55-56,58-65H,3-36,40-42H2,1-2H3,(H,57,66)/t46-,47+,48+,49+,50-,51-,52+,53+,55-/m0/s1. The van der Waals surface area contributed by atoms with Crippen molar-refractivity contribution >= 4 is 5.91 Å². The molecule has 0 bridgehead atoms. The SMILES string of the molecule is CCCCCCCCCCCCOc1cc(OCCCCCCCCCCCC)cc(C(=O)NCCOCCOCCOCCOCCOCCNC[C@H](O)[C@@H](O)[C@H](O[C@@H]2O[C@H](CO)[C@H](O)[C@H](O)[C@H]2O)[C@H](O)CO)c1. The van der Waals surface area contributed by atoms with E-state index in [1.165, 1.54) is 103 Å². The molecule has 1 aromatic carbocycles. The highest BCUT2D eigenvalue weighted by Crippen LogP contribution is 2.26. The number of hydrogen-bond donors (Lipinski definition) is 10. The number of ether oxygens (including phenoxy) is 9. The number of nitrogens with one attached hydrogen (secondary N) is 2. The van der Waals surface area contributed by atoms with Gasteiger partial charge in [0.05, 0.1) is 98.6 Å². The van der Waals surface area contributed by atoms with E-state index in [9.17, 15) is 45.6 Å². The summed E-state index contributed by atoms with van der Waals surface area (Å²) >= 11 is 0.